The van der Waals surface area contributed by atoms with Gasteiger partial charge in [0.25, 0.3) is 0 Å². The van der Waals surface area contributed by atoms with E-state index in [0.29, 0.717) is 11.6 Å². The highest BCUT2D eigenvalue weighted by atomic mass is 16.6. The lowest BCUT2D eigenvalue weighted by Gasteiger charge is -2.19. The summed E-state index contributed by atoms with van der Waals surface area (Å²) < 4.78 is 0. The van der Waals surface area contributed by atoms with Crippen LogP contribution in [0, 0.1) is 16.0 Å². The predicted octanol–water partition coefficient (Wildman–Crippen LogP) is 2.16. The number of aromatic nitrogens is 2. The Bertz CT molecular complexity index is 337. The molecule has 0 aromatic carbocycles. The van der Waals surface area contributed by atoms with Crippen LogP contribution in [0.1, 0.15) is 27.2 Å². The van der Waals surface area contributed by atoms with Crippen molar-refractivity contribution >= 4 is 11.5 Å². The van der Waals surface area contributed by atoms with Crippen LogP contribution in [0.15, 0.2) is 6.20 Å². The van der Waals surface area contributed by atoms with Crippen LogP contribution in [0.4, 0.5) is 11.5 Å². The summed E-state index contributed by atoms with van der Waals surface area (Å²) in [6, 6.07) is 0.186. The minimum Gasteiger partial charge on any atom is -0.374 e. The van der Waals surface area contributed by atoms with Gasteiger partial charge in [-0.25, -0.2) is 0 Å². The molecule has 84 valence electrons. The van der Waals surface area contributed by atoms with Gasteiger partial charge >= 0.3 is 5.82 Å². The van der Waals surface area contributed by atoms with Gasteiger partial charge in [0, 0.05) is 6.04 Å². The normalized spacial score (nSPS) is 14.6. The molecule has 0 aliphatic heterocycles. The Kier molecular flexibility index (Phi) is 3.65. The first kappa shape index (κ1) is 11.5. The summed E-state index contributed by atoms with van der Waals surface area (Å²) in [5.74, 6) is 0.379. The van der Waals surface area contributed by atoms with Gasteiger partial charge in [0.2, 0.25) is 0 Å². The number of anilines is 1. The molecule has 1 heterocycles. The average molecular weight is 212 g/mol. The van der Waals surface area contributed by atoms with Crippen molar-refractivity contribution in [3.63, 3.8) is 0 Å². The van der Waals surface area contributed by atoms with E-state index in [-0.39, 0.29) is 11.9 Å². The van der Waals surface area contributed by atoms with Crippen LogP contribution in [0.25, 0.3) is 0 Å². The van der Waals surface area contributed by atoms with Gasteiger partial charge in [0.1, 0.15) is 6.20 Å². The van der Waals surface area contributed by atoms with Crippen LogP contribution in [-0.4, -0.2) is 21.2 Å². The van der Waals surface area contributed by atoms with E-state index in [1.165, 1.54) is 6.20 Å². The van der Waals surface area contributed by atoms with Crippen LogP contribution in [-0.2, 0) is 0 Å². The summed E-state index contributed by atoms with van der Waals surface area (Å²) in [5, 5.41) is 19.7. The summed E-state index contributed by atoms with van der Waals surface area (Å²) in [7, 11) is 0. The van der Waals surface area contributed by atoms with Crippen molar-refractivity contribution in [3.05, 3.63) is 16.3 Å². The molecule has 1 aromatic rings. The molecule has 0 amide bonds. The van der Waals surface area contributed by atoms with Gasteiger partial charge in [-0.15, -0.1) is 5.10 Å². The fourth-order valence-corrected chi connectivity index (χ4v) is 1.27. The van der Waals surface area contributed by atoms with Gasteiger partial charge in [-0.05, 0) is 17.8 Å². The number of nitrogens with one attached hydrogen (secondary N) is 2. The quantitative estimate of drug-likeness (QED) is 0.578. The summed E-state index contributed by atoms with van der Waals surface area (Å²) in [4.78, 5) is 10.1. The van der Waals surface area contributed by atoms with E-state index in [0.717, 1.165) is 6.42 Å². The number of nitro groups is 1. The monoisotopic (exact) mass is 212 g/mol. The highest BCUT2D eigenvalue weighted by Gasteiger charge is 2.18. The zero-order valence-corrected chi connectivity index (χ0v) is 9.15. The molecule has 1 aromatic heterocycles. The van der Waals surface area contributed by atoms with Gasteiger partial charge < -0.3 is 15.4 Å². The van der Waals surface area contributed by atoms with Gasteiger partial charge in [0.15, 0.2) is 5.69 Å². The second kappa shape index (κ2) is 4.77. The first-order valence-corrected chi connectivity index (χ1v) is 5.00. The zero-order chi connectivity index (χ0) is 11.4. The third-order valence-corrected chi connectivity index (χ3v) is 2.68. The molecule has 2 unspecified atom stereocenters. The molecule has 2 atom stereocenters. The SMILES string of the molecule is CCC(C)C(C)Nc1cn[nH]c1[N+](=O)[O-]. The van der Waals surface area contributed by atoms with E-state index in [4.69, 9.17) is 0 Å². The lowest BCUT2D eigenvalue weighted by molar-refractivity contribution is -0.388. The summed E-state index contributed by atoms with van der Waals surface area (Å²) in [6.45, 7) is 6.20. The first-order chi connectivity index (χ1) is 7.06. The van der Waals surface area contributed by atoms with E-state index in [9.17, 15) is 10.1 Å². The van der Waals surface area contributed by atoms with E-state index in [1.807, 2.05) is 6.92 Å². The third-order valence-electron chi connectivity index (χ3n) is 2.68. The van der Waals surface area contributed by atoms with E-state index in [1.54, 1.807) is 0 Å². The Morgan fingerprint density at radius 3 is 2.87 bits per heavy atom. The fraction of sp³-hybridized carbons (Fsp3) is 0.667. The highest BCUT2D eigenvalue weighted by Crippen LogP contribution is 2.22. The van der Waals surface area contributed by atoms with Gasteiger partial charge in [-0.2, -0.15) is 0 Å². The molecule has 15 heavy (non-hydrogen) atoms. The molecule has 2 N–H and O–H groups in total. The van der Waals surface area contributed by atoms with Gasteiger partial charge in [0.05, 0.1) is 0 Å². The molecular weight excluding hydrogens is 196 g/mol. The second-order valence-corrected chi connectivity index (χ2v) is 3.71. The fourth-order valence-electron chi connectivity index (χ4n) is 1.27. The van der Waals surface area contributed by atoms with Crippen molar-refractivity contribution in [2.24, 2.45) is 5.92 Å². The predicted molar refractivity (Wildman–Crippen MR) is 57.8 cm³/mol. The smallest absolute Gasteiger partial charge is 0.366 e. The first-order valence-electron chi connectivity index (χ1n) is 5.00. The molecule has 6 heteroatoms. The third kappa shape index (κ3) is 2.68. The average Bonchev–Trinajstić information content (AvgIpc) is 2.64. The van der Waals surface area contributed by atoms with Crippen molar-refractivity contribution in [1.82, 2.24) is 10.2 Å². The Balaban J connectivity index is 2.72. The topological polar surface area (TPSA) is 83.8 Å². The number of hydrogen-bond acceptors (Lipinski definition) is 4. The number of rotatable bonds is 5. The van der Waals surface area contributed by atoms with E-state index >= 15 is 0 Å². The molecule has 1 rings (SSSR count). The van der Waals surface area contributed by atoms with Gasteiger partial charge in [-0.3, -0.25) is 0 Å². The van der Waals surface area contributed by atoms with Crippen molar-refractivity contribution < 1.29 is 4.92 Å². The van der Waals surface area contributed by atoms with Crippen molar-refractivity contribution in [1.29, 1.82) is 0 Å². The standard InChI is InChI=1S/C9H16N4O2/c1-4-6(2)7(3)11-8-5-10-12-9(8)13(14)15/h5-7,11H,4H2,1-3H3,(H,10,12). The lowest BCUT2D eigenvalue weighted by atomic mass is 10.0. The molecule has 0 bridgehead atoms. The molecule has 0 aliphatic carbocycles. The van der Waals surface area contributed by atoms with Crippen LogP contribution in [0.2, 0.25) is 0 Å². The minimum absolute atomic E-state index is 0.0786. The maximum atomic E-state index is 10.6. The number of nitrogens with zero attached hydrogens (tertiary/aromatic N) is 2. The Morgan fingerprint density at radius 2 is 2.33 bits per heavy atom. The Labute approximate surface area is 88.2 Å². The van der Waals surface area contributed by atoms with Crippen LogP contribution >= 0.6 is 0 Å². The zero-order valence-electron chi connectivity index (χ0n) is 9.15. The molecule has 0 saturated carbocycles. The molecular formula is C9H16N4O2. The maximum Gasteiger partial charge on any atom is 0.366 e. The maximum absolute atomic E-state index is 10.6. The number of aromatic amines is 1. The molecule has 0 saturated heterocycles. The van der Waals surface area contributed by atoms with Crippen LogP contribution < -0.4 is 5.32 Å². The minimum atomic E-state index is -0.474. The molecule has 0 fully saturated rings. The lowest BCUT2D eigenvalue weighted by Crippen LogP contribution is -2.23. The Morgan fingerprint density at radius 1 is 1.67 bits per heavy atom. The van der Waals surface area contributed by atoms with Crippen LogP contribution in [0.5, 0.6) is 0 Å². The van der Waals surface area contributed by atoms with Gasteiger partial charge in [-0.1, -0.05) is 25.4 Å². The molecule has 6 nitrogen and oxygen atoms in total. The molecule has 0 aliphatic rings. The number of H-pyrrole nitrogens is 1. The van der Waals surface area contributed by atoms with Crippen molar-refractivity contribution in [2.45, 2.75) is 33.2 Å². The van der Waals surface area contributed by atoms with Crippen LogP contribution in [0.3, 0.4) is 0 Å². The summed E-state index contributed by atoms with van der Waals surface area (Å²) in [6.07, 6.45) is 2.47. The Hall–Kier alpha value is -1.59. The summed E-state index contributed by atoms with van der Waals surface area (Å²) in [5.41, 5.74) is 0.452. The van der Waals surface area contributed by atoms with E-state index in [2.05, 4.69) is 29.4 Å². The molecule has 0 spiro atoms. The number of hydrogen-bond donors (Lipinski definition) is 2. The largest absolute Gasteiger partial charge is 0.374 e. The second-order valence-electron chi connectivity index (χ2n) is 3.71. The van der Waals surface area contributed by atoms with E-state index < -0.39 is 4.92 Å². The molecule has 0 radical (unpaired) electrons. The summed E-state index contributed by atoms with van der Waals surface area (Å²) >= 11 is 0. The van der Waals surface area contributed by atoms with Crippen molar-refractivity contribution in [2.75, 3.05) is 5.32 Å². The van der Waals surface area contributed by atoms with Crippen molar-refractivity contribution in [3.8, 4) is 0 Å². The highest BCUT2D eigenvalue weighted by molar-refractivity contribution is 5.55.